The Bertz CT molecular complexity index is 861. The van der Waals surface area contributed by atoms with Crippen LogP contribution in [0.3, 0.4) is 0 Å². The lowest BCUT2D eigenvalue weighted by Crippen LogP contribution is -2.38. The summed E-state index contributed by atoms with van der Waals surface area (Å²) in [7, 11) is 0. The summed E-state index contributed by atoms with van der Waals surface area (Å²) < 4.78 is 43.4. The first-order valence-electron chi connectivity index (χ1n) is 8.09. The number of hydrogen-bond donors (Lipinski definition) is 1. The highest BCUT2D eigenvalue weighted by Crippen LogP contribution is 2.31. The van der Waals surface area contributed by atoms with E-state index in [4.69, 9.17) is 4.74 Å². The third-order valence-electron chi connectivity index (χ3n) is 4.20. The van der Waals surface area contributed by atoms with Crippen molar-refractivity contribution in [2.75, 3.05) is 5.32 Å². The van der Waals surface area contributed by atoms with E-state index in [1.807, 2.05) is 19.1 Å². The zero-order chi connectivity index (χ0) is 18.9. The number of anilines is 1. The molecule has 1 amide bonds. The van der Waals surface area contributed by atoms with Gasteiger partial charge in [-0.05, 0) is 41.8 Å². The zero-order valence-corrected chi connectivity index (χ0v) is 13.9. The molecule has 1 aliphatic heterocycles. The highest BCUT2D eigenvalue weighted by Gasteiger charge is 2.33. The number of esters is 1. The number of carbonyl (C=O) groups excluding carboxylic acids is 2. The van der Waals surface area contributed by atoms with Gasteiger partial charge < -0.3 is 10.1 Å². The van der Waals surface area contributed by atoms with Crippen molar-refractivity contribution in [2.24, 2.45) is 0 Å². The highest BCUT2D eigenvalue weighted by molar-refractivity contribution is 6.00. The van der Waals surface area contributed by atoms with E-state index < -0.39 is 29.7 Å². The second-order valence-corrected chi connectivity index (χ2v) is 6.01. The number of alkyl halides is 3. The molecule has 3 rings (SSSR count). The Balaban J connectivity index is 1.78. The molecule has 1 unspecified atom stereocenters. The number of fused-ring (bicyclic) bond motifs is 1. The van der Waals surface area contributed by atoms with Crippen LogP contribution in [-0.4, -0.2) is 18.0 Å². The molecule has 2 aromatic carbocycles. The van der Waals surface area contributed by atoms with Crippen molar-refractivity contribution in [3.05, 3.63) is 64.7 Å². The molecule has 1 heterocycles. The summed E-state index contributed by atoms with van der Waals surface area (Å²) in [6.45, 7) is 1.97. The second kappa shape index (κ2) is 6.82. The normalized spacial score (nSPS) is 16.6. The van der Waals surface area contributed by atoms with Crippen LogP contribution >= 0.6 is 0 Å². The first-order chi connectivity index (χ1) is 12.3. The van der Waals surface area contributed by atoms with Crippen molar-refractivity contribution in [1.29, 1.82) is 0 Å². The number of rotatable bonds is 3. The Kier molecular flexibility index (Phi) is 4.71. The number of cyclic esters (lactones) is 1. The fourth-order valence-electron chi connectivity index (χ4n) is 2.81. The van der Waals surface area contributed by atoms with E-state index in [2.05, 4.69) is 5.32 Å². The van der Waals surface area contributed by atoms with Gasteiger partial charge in [0.2, 0.25) is 0 Å². The Morgan fingerprint density at radius 3 is 2.69 bits per heavy atom. The van der Waals surface area contributed by atoms with Crippen molar-refractivity contribution < 1.29 is 27.5 Å². The molecule has 0 bridgehead atoms. The smallest absolute Gasteiger partial charge is 0.416 e. The molecular weight excluding hydrogens is 347 g/mol. The van der Waals surface area contributed by atoms with Crippen molar-refractivity contribution in [3.8, 4) is 0 Å². The Morgan fingerprint density at radius 1 is 1.23 bits per heavy atom. The molecule has 0 radical (unpaired) electrons. The minimum Gasteiger partial charge on any atom is -0.448 e. The van der Waals surface area contributed by atoms with E-state index in [-0.39, 0.29) is 12.1 Å². The fraction of sp³-hybridized carbons (Fsp3) is 0.263. The van der Waals surface area contributed by atoms with Crippen LogP contribution in [0.25, 0.3) is 0 Å². The van der Waals surface area contributed by atoms with Gasteiger partial charge in [-0.25, -0.2) is 4.79 Å². The van der Waals surface area contributed by atoms with E-state index in [1.54, 1.807) is 6.07 Å². The van der Waals surface area contributed by atoms with Crippen LogP contribution in [0.4, 0.5) is 18.9 Å². The maximum atomic E-state index is 12.8. The van der Waals surface area contributed by atoms with E-state index >= 15 is 0 Å². The van der Waals surface area contributed by atoms with Gasteiger partial charge in [-0.1, -0.05) is 25.1 Å². The number of ether oxygens (including phenoxy) is 1. The van der Waals surface area contributed by atoms with E-state index in [1.165, 1.54) is 12.1 Å². The van der Waals surface area contributed by atoms with Crippen LogP contribution in [0.2, 0.25) is 0 Å². The van der Waals surface area contributed by atoms with Crippen molar-refractivity contribution in [3.63, 3.8) is 0 Å². The number of carbonyl (C=O) groups is 2. The highest BCUT2D eigenvalue weighted by atomic mass is 19.4. The van der Waals surface area contributed by atoms with E-state index in [9.17, 15) is 22.8 Å². The molecule has 4 nitrogen and oxygen atoms in total. The lowest BCUT2D eigenvalue weighted by molar-refractivity contribution is -0.137. The van der Waals surface area contributed by atoms with Gasteiger partial charge in [-0.15, -0.1) is 0 Å². The molecule has 26 heavy (non-hydrogen) atoms. The molecule has 0 aromatic heterocycles. The summed E-state index contributed by atoms with van der Waals surface area (Å²) in [5.41, 5.74) is 1.26. The summed E-state index contributed by atoms with van der Waals surface area (Å²) in [6.07, 6.45) is -4.63. The van der Waals surface area contributed by atoms with Gasteiger partial charge in [-0.3, -0.25) is 4.79 Å². The second-order valence-electron chi connectivity index (χ2n) is 6.01. The number of amides is 1. The fourth-order valence-corrected chi connectivity index (χ4v) is 2.81. The first kappa shape index (κ1) is 18.0. The van der Waals surface area contributed by atoms with Gasteiger partial charge in [0.25, 0.3) is 5.91 Å². The summed E-state index contributed by atoms with van der Waals surface area (Å²) in [5.74, 6) is -1.27. The largest absolute Gasteiger partial charge is 0.448 e. The minimum absolute atomic E-state index is 0.00557. The Labute approximate surface area is 148 Å². The quantitative estimate of drug-likeness (QED) is 0.839. The molecule has 2 aromatic rings. The number of halogens is 3. The molecule has 0 fully saturated rings. The van der Waals surface area contributed by atoms with Gasteiger partial charge in [0, 0.05) is 12.1 Å². The molecule has 0 saturated heterocycles. The molecule has 136 valence electrons. The molecule has 1 atom stereocenters. The summed E-state index contributed by atoms with van der Waals surface area (Å²) >= 11 is 0. The lowest BCUT2D eigenvalue weighted by Gasteiger charge is -2.24. The topological polar surface area (TPSA) is 55.4 Å². The predicted octanol–water partition coefficient (Wildman–Crippen LogP) is 3.99. The first-order valence-corrected chi connectivity index (χ1v) is 8.09. The van der Waals surface area contributed by atoms with Crippen molar-refractivity contribution in [2.45, 2.75) is 32.0 Å². The van der Waals surface area contributed by atoms with Crippen LogP contribution in [0.1, 0.15) is 34.0 Å². The third-order valence-corrected chi connectivity index (χ3v) is 4.20. The number of hydrogen-bond acceptors (Lipinski definition) is 3. The lowest BCUT2D eigenvalue weighted by atomic mass is 9.95. The number of benzene rings is 2. The molecule has 0 spiro atoms. The van der Waals surface area contributed by atoms with Gasteiger partial charge in [0.1, 0.15) is 0 Å². The number of aryl methyl sites for hydroxylation is 1. The molecule has 1 N–H and O–H groups in total. The SMILES string of the molecule is CCc1ccc2c(c1)CC(C(=O)Nc1cccc(C(F)(F)F)c1)OC2=O. The third kappa shape index (κ3) is 3.71. The van der Waals surface area contributed by atoms with Crippen molar-refractivity contribution in [1.82, 2.24) is 0 Å². The van der Waals surface area contributed by atoms with Gasteiger partial charge in [0.05, 0.1) is 11.1 Å². The Hall–Kier alpha value is -2.83. The van der Waals surface area contributed by atoms with Gasteiger partial charge in [0.15, 0.2) is 6.10 Å². The molecule has 0 aliphatic carbocycles. The average Bonchev–Trinajstić information content (AvgIpc) is 2.60. The van der Waals surface area contributed by atoms with Gasteiger partial charge >= 0.3 is 12.1 Å². The van der Waals surface area contributed by atoms with E-state index in [0.29, 0.717) is 11.1 Å². The van der Waals surface area contributed by atoms with Crippen LogP contribution in [0.5, 0.6) is 0 Å². The summed E-state index contributed by atoms with van der Waals surface area (Å²) in [6, 6.07) is 9.64. The number of nitrogens with one attached hydrogen (secondary N) is 1. The summed E-state index contributed by atoms with van der Waals surface area (Å²) in [4.78, 5) is 24.5. The van der Waals surface area contributed by atoms with Gasteiger partial charge in [-0.2, -0.15) is 13.2 Å². The standard InChI is InChI=1S/C19H16F3NO3/c1-2-11-6-7-15-12(8-11)9-16(26-18(15)25)17(24)23-14-5-3-4-13(10-14)19(20,21)22/h3-8,10,16H,2,9H2,1H3,(H,23,24). The maximum absolute atomic E-state index is 12.8. The van der Waals surface area contributed by atoms with Crippen LogP contribution in [0, 0.1) is 0 Å². The molecule has 1 aliphatic rings. The van der Waals surface area contributed by atoms with Crippen LogP contribution in [0.15, 0.2) is 42.5 Å². The zero-order valence-electron chi connectivity index (χ0n) is 13.9. The monoisotopic (exact) mass is 363 g/mol. The van der Waals surface area contributed by atoms with Crippen molar-refractivity contribution >= 4 is 17.6 Å². The molecule has 0 saturated carbocycles. The predicted molar refractivity (Wildman–Crippen MR) is 88.8 cm³/mol. The summed E-state index contributed by atoms with van der Waals surface area (Å²) in [5, 5.41) is 2.39. The maximum Gasteiger partial charge on any atom is 0.416 e. The van der Waals surface area contributed by atoms with E-state index in [0.717, 1.165) is 24.1 Å². The molecule has 7 heteroatoms. The molecular formula is C19H16F3NO3. The van der Waals surface area contributed by atoms with Crippen LogP contribution < -0.4 is 5.32 Å². The minimum atomic E-state index is -4.51. The Morgan fingerprint density at radius 2 is 2.00 bits per heavy atom. The average molecular weight is 363 g/mol. The van der Waals surface area contributed by atoms with Crippen LogP contribution in [-0.2, 0) is 28.5 Å².